The summed E-state index contributed by atoms with van der Waals surface area (Å²) in [6.07, 6.45) is 0.775. The minimum atomic E-state index is -0.331. The summed E-state index contributed by atoms with van der Waals surface area (Å²) in [5, 5.41) is 6.66. The molecule has 1 unspecified atom stereocenters. The standard InChI is InChI=1S/C13H14N4O3/c1-7-5-8(17-20-7)6-14-12(18)9-3-2-4-10-11(9)16-13(19)15-10/h2-4,7H,5-6H2,1H3,(H,14,18)(H2,15,16,19). The van der Waals surface area contributed by atoms with Gasteiger partial charge in [-0.05, 0) is 19.1 Å². The summed E-state index contributed by atoms with van der Waals surface area (Å²) in [5.41, 5.74) is 2.02. The van der Waals surface area contributed by atoms with Crippen molar-refractivity contribution in [3.63, 3.8) is 0 Å². The van der Waals surface area contributed by atoms with Crippen molar-refractivity contribution in [3.8, 4) is 0 Å². The zero-order chi connectivity index (χ0) is 14.1. The van der Waals surface area contributed by atoms with Crippen molar-refractivity contribution in [2.75, 3.05) is 6.54 Å². The van der Waals surface area contributed by atoms with Crippen LogP contribution >= 0.6 is 0 Å². The van der Waals surface area contributed by atoms with E-state index < -0.39 is 0 Å². The van der Waals surface area contributed by atoms with Crippen molar-refractivity contribution in [1.29, 1.82) is 0 Å². The molecule has 20 heavy (non-hydrogen) atoms. The molecule has 7 nitrogen and oxygen atoms in total. The Morgan fingerprint density at radius 1 is 1.50 bits per heavy atom. The van der Waals surface area contributed by atoms with Crippen LogP contribution in [0.1, 0.15) is 23.7 Å². The van der Waals surface area contributed by atoms with Crippen LogP contribution in [0, 0.1) is 0 Å². The highest BCUT2D eigenvalue weighted by molar-refractivity contribution is 6.06. The third-order valence-corrected chi connectivity index (χ3v) is 3.13. The maximum absolute atomic E-state index is 12.2. The van der Waals surface area contributed by atoms with Crippen LogP contribution < -0.4 is 11.0 Å². The average molecular weight is 274 g/mol. The Morgan fingerprint density at radius 2 is 2.35 bits per heavy atom. The molecular weight excluding hydrogens is 260 g/mol. The van der Waals surface area contributed by atoms with Crippen LogP contribution in [0.3, 0.4) is 0 Å². The molecule has 1 amide bonds. The Hall–Kier alpha value is -2.57. The Kier molecular flexibility index (Phi) is 3.02. The molecule has 0 fully saturated rings. The molecule has 1 aromatic heterocycles. The van der Waals surface area contributed by atoms with Gasteiger partial charge >= 0.3 is 5.69 Å². The molecule has 104 valence electrons. The van der Waals surface area contributed by atoms with Crippen molar-refractivity contribution in [2.45, 2.75) is 19.4 Å². The lowest BCUT2D eigenvalue weighted by molar-refractivity contribution is 0.0960. The van der Waals surface area contributed by atoms with E-state index in [1.807, 2.05) is 6.92 Å². The number of nitrogens with one attached hydrogen (secondary N) is 3. The third kappa shape index (κ3) is 2.29. The second-order valence-electron chi connectivity index (χ2n) is 4.77. The number of carbonyl (C=O) groups is 1. The van der Waals surface area contributed by atoms with E-state index in [0.717, 1.165) is 5.71 Å². The monoisotopic (exact) mass is 274 g/mol. The summed E-state index contributed by atoms with van der Waals surface area (Å²) in [6, 6.07) is 5.12. The fourth-order valence-corrected chi connectivity index (χ4v) is 2.20. The van der Waals surface area contributed by atoms with Crippen molar-refractivity contribution in [2.24, 2.45) is 5.16 Å². The number of oxime groups is 1. The highest BCUT2D eigenvalue weighted by Crippen LogP contribution is 2.13. The number of carbonyl (C=O) groups excluding carboxylic acids is 1. The van der Waals surface area contributed by atoms with Crippen molar-refractivity contribution < 1.29 is 9.63 Å². The molecule has 0 aliphatic carbocycles. The van der Waals surface area contributed by atoms with E-state index in [2.05, 4.69) is 20.4 Å². The molecule has 0 saturated carbocycles. The van der Waals surface area contributed by atoms with E-state index in [9.17, 15) is 9.59 Å². The smallest absolute Gasteiger partial charge is 0.323 e. The lowest BCUT2D eigenvalue weighted by Gasteiger charge is -2.05. The quantitative estimate of drug-likeness (QED) is 0.770. The number of aromatic amines is 2. The average Bonchev–Trinajstić information content (AvgIpc) is 3.00. The van der Waals surface area contributed by atoms with Gasteiger partial charge in [0.05, 0.1) is 28.9 Å². The molecule has 0 bridgehead atoms. The summed E-state index contributed by atoms with van der Waals surface area (Å²) >= 11 is 0. The number of benzene rings is 1. The Labute approximate surface area is 114 Å². The lowest BCUT2D eigenvalue weighted by atomic mass is 10.1. The molecule has 1 aromatic carbocycles. The van der Waals surface area contributed by atoms with E-state index in [-0.39, 0.29) is 17.7 Å². The molecule has 2 aromatic rings. The van der Waals surface area contributed by atoms with Gasteiger partial charge in [0, 0.05) is 6.42 Å². The highest BCUT2D eigenvalue weighted by Gasteiger charge is 2.18. The number of nitrogens with zero attached hydrogens (tertiary/aromatic N) is 1. The number of para-hydroxylation sites is 1. The van der Waals surface area contributed by atoms with Gasteiger partial charge in [-0.1, -0.05) is 11.2 Å². The number of hydrogen-bond donors (Lipinski definition) is 3. The highest BCUT2D eigenvalue weighted by atomic mass is 16.6. The van der Waals surface area contributed by atoms with Crippen LogP contribution in [-0.2, 0) is 4.84 Å². The summed E-state index contributed by atoms with van der Waals surface area (Å²) in [7, 11) is 0. The van der Waals surface area contributed by atoms with Gasteiger partial charge in [0.2, 0.25) is 0 Å². The number of imidazole rings is 1. The van der Waals surface area contributed by atoms with Crippen molar-refractivity contribution in [3.05, 3.63) is 34.2 Å². The van der Waals surface area contributed by atoms with Crippen molar-refractivity contribution in [1.82, 2.24) is 15.3 Å². The SMILES string of the molecule is CC1CC(CNC(=O)c2cccc3[nH]c(=O)[nH]c23)=NO1. The van der Waals surface area contributed by atoms with Crippen LogP contribution in [0.4, 0.5) is 0 Å². The minimum absolute atomic E-state index is 0.0614. The minimum Gasteiger partial charge on any atom is -0.392 e. The number of amides is 1. The molecule has 0 saturated heterocycles. The molecule has 3 rings (SSSR count). The van der Waals surface area contributed by atoms with Crippen molar-refractivity contribution >= 4 is 22.7 Å². The maximum atomic E-state index is 12.2. The molecular formula is C13H14N4O3. The molecule has 0 spiro atoms. The normalized spacial score (nSPS) is 17.9. The fraction of sp³-hybridized carbons (Fsp3) is 0.308. The van der Waals surface area contributed by atoms with E-state index in [1.165, 1.54) is 0 Å². The molecule has 1 aliphatic heterocycles. The lowest BCUT2D eigenvalue weighted by Crippen LogP contribution is -2.29. The second kappa shape index (κ2) is 4.84. The van der Waals surface area contributed by atoms with E-state index in [4.69, 9.17) is 4.84 Å². The van der Waals surface area contributed by atoms with Gasteiger partial charge in [0.15, 0.2) is 0 Å². The first-order chi connectivity index (χ1) is 9.63. The van der Waals surface area contributed by atoms with Gasteiger partial charge in [-0.15, -0.1) is 0 Å². The summed E-state index contributed by atoms with van der Waals surface area (Å²) < 4.78 is 0. The second-order valence-corrected chi connectivity index (χ2v) is 4.77. The van der Waals surface area contributed by atoms with Crippen LogP contribution in [0.25, 0.3) is 11.0 Å². The first kappa shape index (κ1) is 12.5. The van der Waals surface area contributed by atoms with Gasteiger partial charge in [0.1, 0.15) is 6.10 Å². The van der Waals surface area contributed by atoms with E-state index in [0.29, 0.717) is 29.6 Å². The number of H-pyrrole nitrogens is 2. The van der Waals surface area contributed by atoms with Gasteiger partial charge in [-0.2, -0.15) is 0 Å². The topological polar surface area (TPSA) is 99.3 Å². The zero-order valence-corrected chi connectivity index (χ0v) is 10.9. The van der Waals surface area contributed by atoms with Crippen LogP contribution in [0.2, 0.25) is 0 Å². The maximum Gasteiger partial charge on any atom is 0.323 e. The number of hydrogen-bond acceptors (Lipinski definition) is 4. The van der Waals surface area contributed by atoms with Crippen LogP contribution in [0.15, 0.2) is 28.1 Å². The predicted molar refractivity (Wildman–Crippen MR) is 73.9 cm³/mol. The van der Waals surface area contributed by atoms with Gasteiger partial charge < -0.3 is 20.1 Å². The third-order valence-electron chi connectivity index (χ3n) is 3.13. The molecule has 1 atom stereocenters. The molecule has 2 heterocycles. The molecule has 1 aliphatic rings. The number of aromatic nitrogens is 2. The molecule has 0 radical (unpaired) electrons. The summed E-state index contributed by atoms with van der Waals surface area (Å²) in [6.45, 7) is 2.26. The largest absolute Gasteiger partial charge is 0.392 e. The van der Waals surface area contributed by atoms with Gasteiger partial charge in [-0.3, -0.25) is 4.79 Å². The summed E-state index contributed by atoms with van der Waals surface area (Å²) in [5.74, 6) is -0.256. The fourth-order valence-electron chi connectivity index (χ4n) is 2.20. The summed E-state index contributed by atoms with van der Waals surface area (Å²) in [4.78, 5) is 33.8. The van der Waals surface area contributed by atoms with Gasteiger partial charge in [0.25, 0.3) is 5.91 Å². The van der Waals surface area contributed by atoms with E-state index >= 15 is 0 Å². The Balaban J connectivity index is 1.77. The molecule has 7 heteroatoms. The van der Waals surface area contributed by atoms with Crippen LogP contribution in [-0.4, -0.2) is 34.2 Å². The zero-order valence-electron chi connectivity index (χ0n) is 10.9. The Morgan fingerprint density at radius 3 is 3.10 bits per heavy atom. The van der Waals surface area contributed by atoms with E-state index in [1.54, 1.807) is 18.2 Å². The number of rotatable bonds is 3. The Bertz CT molecular complexity index is 743. The predicted octanol–water partition coefficient (Wildman–Crippen LogP) is 0.751. The molecule has 3 N–H and O–H groups in total. The van der Waals surface area contributed by atoms with Gasteiger partial charge in [-0.25, -0.2) is 4.79 Å². The number of fused-ring (bicyclic) bond motifs is 1. The first-order valence-electron chi connectivity index (χ1n) is 6.34. The first-order valence-corrected chi connectivity index (χ1v) is 6.34. The van der Waals surface area contributed by atoms with Crippen LogP contribution in [0.5, 0.6) is 0 Å².